The molecule has 2 N–H and O–H groups in total. The van der Waals surface area contributed by atoms with Gasteiger partial charge in [0, 0.05) is 12.6 Å². The third-order valence-corrected chi connectivity index (χ3v) is 4.39. The zero-order chi connectivity index (χ0) is 12.5. The highest BCUT2D eigenvalue weighted by atomic mass is 32.2. The Labute approximate surface area is 102 Å². The van der Waals surface area contributed by atoms with Crippen molar-refractivity contribution in [2.45, 2.75) is 31.2 Å². The molecule has 94 valence electrons. The summed E-state index contributed by atoms with van der Waals surface area (Å²) >= 11 is 0. The monoisotopic (exact) mass is 254 g/mol. The molecule has 5 heteroatoms. The average molecular weight is 254 g/mol. The summed E-state index contributed by atoms with van der Waals surface area (Å²) in [4.78, 5) is 0.363. The summed E-state index contributed by atoms with van der Waals surface area (Å²) in [5.74, 6) is 0. The third-order valence-electron chi connectivity index (χ3n) is 2.89. The highest BCUT2D eigenvalue weighted by Crippen LogP contribution is 2.15. The Morgan fingerprint density at radius 3 is 2.41 bits per heavy atom. The van der Waals surface area contributed by atoms with Gasteiger partial charge >= 0.3 is 0 Å². The standard InChI is InChI=1S/C12H18N2O2S/c1-9-5-10(2)7-12(6-9)17(15,16)14-11-3-4-13-8-11/h5-7,11,13-14H,3-4,8H2,1-2H3/t11-/m0/s1. The number of hydrogen-bond acceptors (Lipinski definition) is 3. The molecule has 0 radical (unpaired) electrons. The predicted octanol–water partition coefficient (Wildman–Crippen LogP) is 0.944. The van der Waals surface area contributed by atoms with Gasteiger partial charge in [-0.3, -0.25) is 0 Å². The Morgan fingerprint density at radius 1 is 1.24 bits per heavy atom. The minimum absolute atomic E-state index is 0.0146. The van der Waals surface area contributed by atoms with Crippen molar-refractivity contribution in [3.8, 4) is 0 Å². The quantitative estimate of drug-likeness (QED) is 0.844. The van der Waals surface area contributed by atoms with Gasteiger partial charge in [0.15, 0.2) is 0 Å². The average Bonchev–Trinajstić information content (AvgIpc) is 2.68. The van der Waals surface area contributed by atoms with Crippen LogP contribution in [-0.2, 0) is 10.0 Å². The van der Waals surface area contributed by atoms with E-state index in [4.69, 9.17) is 0 Å². The maximum absolute atomic E-state index is 12.2. The van der Waals surface area contributed by atoms with E-state index in [1.54, 1.807) is 12.1 Å². The number of aryl methyl sites for hydroxylation is 2. The molecular weight excluding hydrogens is 236 g/mol. The van der Waals surface area contributed by atoms with Crippen molar-refractivity contribution in [2.24, 2.45) is 0 Å². The second-order valence-electron chi connectivity index (χ2n) is 4.63. The van der Waals surface area contributed by atoms with Gasteiger partial charge in [0.05, 0.1) is 4.90 Å². The van der Waals surface area contributed by atoms with Crippen molar-refractivity contribution in [1.29, 1.82) is 0 Å². The molecule has 0 amide bonds. The van der Waals surface area contributed by atoms with E-state index in [-0.39, 0.29) is 6.04 Å². The minimum atomic E-state index is -3.38. The molecule has 2 rings (SSSR count). The molecule has 0 bridgehead atoms. The van der Waals surface area contributed by atoms with Crippen LogP contribution in [0.5, 0.6) is 0 Å². The molecule has 1 saturated heterocycles. The van der Waals surface area contributed by atoms with Crippen molar-refractivity contribution < 1.29 is 8.42 Å². The van der Waals surface area contributed by atoms with Gasteiger partial charge in [0.1, 0.15) is 0 Å². The van der Waals surface area contributed by atoms with E-state index >= 15 is 0 Å². The lowest BCUT2D eigenvalue weighted by Crippen LogP contribution is -2.36. The Kier molecular flexibility index (Phi) is 3.51. The number of rotatable bonds is 3. The van der Waals surface area contributed by atoms with Gasteiger partial charge in [0.2, 0.25) is 10.0 Å². The molecule has 1 heterocycles. The van der Waals surface area contributed by atoms with Gasteiger partial charge < -0.3 is 5.32 Å². The first-order chi connectivity index (χ1) is 7.97. The van der Waals surface area contributed by atoms with E-state index in [0.717, 1.165) is 24.1 Å². The number of nitrogens with one attached hydrogen (secondary N) is 2. The second kappa shape index (κ2) is 4.76. The number of benzene rings is 1. The highest BCUT2D eigenvalue weighted by molar-refractivity contribution is 7.89. The largest absolute Gasteiger partial charge is 0.315 e. The van der Waals surface area contributed by atoms with Crippen molar-refractivity contribution in [3.05, 3.63) is 29.3 Å². The summed E-state index contributed by atoms with van der Waals surface area (Å²) in [6.45, 7) is 5.40. The van der Waals surface area contributed by atoms with Crippen LogP contribution in [0.4, 0.5) is 0 Å². The van der Waals surface area contributed by atoms with Crippen molar-refractivity contribution in [1.82, 2.24) is 10.0 Å². The van der Waals surface area contributed by atoms with Gasteiger partial charge in [-0.15, -0.1) is 0 Å². The second-order valence-corrected chi connectivity index (χ2v) is 6.35. The molecule has 4 nitrogen and oxygen atoms in total. The Hall–Kier alpha value is -0.910. The molecule has 17 heavy (non-hydrogen) atoms. The molecule has 0 spiro atoms. The van der Waals surface area contributed by atoms with E-state index in [9.17, 15) is 8.42 Å². The van der Waals surface area contributed by atoms with Crippen LogP contribution in [0.1, 0.15) is 17.5 Å². The molecule has 1 atom stereocenters. The summed E-state index contributed by atoms with van der Waals surface area (Å²) in [7, 11) is -3.38. The summed E-state index contributed by atoms with van der Waals surface area (Å²) in [5, 5.41) is 3.14. The van der Waals surface area contributed by atoms with E-state index in [0.29, 0.717) is 11.4 Å². The lowest BCUT2D eigenvalue weighted by molar-refractivity contribution is 0.560. The molecule has 1 aromatic carbocycles. The van der Waals surface area contributed by atoms with Crippen LogP contribution in [0.2, 0.25) is 0 Å². The Bertz CT molecular complexity index is 485. The molecular formula is C12H18N2O2S. The lowest BCUT2D eigenvalue weighted by Gasteiger charge is -2.13. The van der Waals surface area contributed by atoms with Crippen LogP contribution < -0.4 is 10.0 Å². The SMILES string of the molecule is Cc1cc(C)cc(S(=O)(=O)N[C@H]2CCNC2)c1. The van der Waals surface area contributed by atoms with Crippen molar-refractivity contribution >= 4 is 10.0 Å². The first-order valence-electron chi connectivity index (χ1n) is 5.79. The molecule has 0 aromatic heterocycles. The molecule has 1 fully saturated rings. The first-order valence-corrected chi connectivity index (χ1v) is 7.27. The highest BCUT2D eigenvalue weighted by Gasteiger charge is 2.22. The fraction of sp³-hybridized carbons (Fsp3) is 0.500. The summed E-state index contributed by atoms with van der Waals surface area (Å²) in [6.07, 6.45) is 0.851. The molecule has 1 aromatic rings. The zero-order valence-electron chi connectivity index (χ0n) is 10.2. The number of sulfonamides is 1. The smallest absolute Gasteiger partial charge is 0.240 e. The lowest BCUT2D eigenvalue weighted by atomic mass is 10.2. The predicted molar refractivity (Wildman–Crippen MR) is 67.5 cm³/mol. The fourth-order valence-corrected chi connectivity index (χ4v) is 3.59. The molecule has 0 aliphatic carbocycles. The van der Waals surface area contributed by atoms with Crippen LogP contribution in [0.15, 0.2) is 23.1 Å². The van der Waals surface area contributed by atoms with E-state index in [2.05, 4.69) is 10.0 Å². The Morgan fingerprint density at radius 2 is 1.88 bits per heavy atom. The Balaban J connectivity index is 2.24. The van der Waals surface area contributed by atoms with Crippen LogP contribution in [-0.4, -0.2) is 27.5 Å². The minimum Gasteiger partial charge on any atom is -0.315 e. The molecule has 1 aliphatic rings. The zero-order valence-corrected chi connectivity index (χ0v) is 11.0. The van der Waals surface area contributed by atoms with Gasteiger partial charge in [-0.05, 0) is 50.1 Å². The van der Waals surface area contributed by atoms with Crippen molar-refractivity contribution in [2.75, 3.05) is 13.1 Å². The van der Waals surface area contributed by atoms with Gasteiger partial charge in [-0.1, -0.05) is 6.07 Å². The van der Waals surface area contributed by atoms with Crippen LogP contribution in [0, 0.1) is 13.8 Å². The van der Waals surface area contributed by atoms with Gasteiger partial charge in [-0.25, -0.2) is 13.1 Å². The van der Waals surface area contributed by atoms with E-state index in [1.165, 1.54) is 0 Å². The summed E-state index contributed by atoms with van der Waals surface area (Å²) in [6, 6.07) is 5.40. The van der Waals surface area contributed by atoms with Crippen LogP contribution >= 0.6 is 0 Å². The maximum Gasteiger partial charge on any atom is 0.240 e. The molecule has 1 aliphatic heterocycles. The van der Waals surface area contributed by atoms with E-state index < -0.39 is 10.0 Å². The third kappa shape index (κ3) is 3.06. The summed E-state index contributed by atoms with van der Waals surface area (Å²) < 4.78 is 27.0. The van der Waals surface area contributed by atoms with E-state index in [1.807, 2.05) is 19.9 Å². The number of hydrogen-bond donors (Lipinski definition) is 2. The first kappa shape index (κ1) is 12.5. The summed E-state index contributed by atoms with van der Waals surface area (Å²) in [5.41, 5.74) is 1.94. The topological polar surface area (TPSA) is 58.2 Å². The van der Waals surface area contributed by atoms with Crippen LogP contribution in [0.25, 0.3) is 0 Å². The van der Waals surface area contributed by atoms with Crippen LogP contribution in [0.3, 0.4) is 0 Å². The molecule has 0 unspecified atom stereocenters. The van der Waals surface area contributed by atoms with Crippen molar-refractivity contribution in [3.63, 3.8) is 0 Å². The van der Waals surface area contributed by atoms with Gasteiger partial charge in [-0.2, -0.15) is 0 Å². The fourth-order valence-electron chi connectivity index (χ4n) is 2.13. The molecule has 0 saturated carbocycles. The van der Waals surface area contributed by atoms with Gasteiger partial charge in [0.25, 0.3) is 0 Å². The normalized spacial score (nSPS) is 20.7. The maximum atomic E-state index is 12.2.